The second-order valence-electron chi connectivity index (χ2n) is 6.39. The molecule has 2 aromatic carbocycles. The van der Waals surface area contributed by atoms with E-state index in [2.05, 4.69) is 9.88 Å². The molecule has 2 heterocycles. The largest absolute Gasteiger partial charge is 0.439 e. The average molecular weight is 382 g/mol. The first kappa shape index (κ1) is 17.7. The first-order valence-electron chi connectivity index (χ1n) is 8.63. The fourth-order valence-electron chi connectivity index (χ4n) is 3.16. The Morgan fingerprint density at radius 3 is 2.41 bits per heavy atom. The number of aromatic nitrogens is 1. The van der Waals surface area contributed by atoms with E-state index >= 15 is 0 Å². The molecular weight excluding hydrogens is 364 g/mol. The third-order valence-electron chi connectivity index (χ3n) is 4.65. The van der Waals surface area contributed by atoms with Crippen molar-refractivity contribution in [1.82, 2.24) is 14.2 Å². The van der Waals surface area contributed by atoms with Gasteiger partial charge in [0.2, 0.25) is 15.9 Å². The molecule has 8 heteroatoms. The number of piperazine rings is 1. The maximum absolute atomic E-state index is 12.8. The highest BCUT2D eigenvalue weighted by atomic mass is 32.2. The van der Waals surface area contributed by atoms with Crippen molar-refractivity contribution in [2.75, 3.05) is 26.2 Å². The minimum atomic E-state index is -3.55. The van der Waals surface area contributed by atoms with Crippen molar-refractivity contribution in [3.8, 4) is 6.07 Å². The summed E-state index contributed by atoms with van der Waals surface area (Å²) in [6, 6.07) is 15.6. The lowest BCUT2D eigenvalue weighted by molar-refractivity contribution is 0.169. The third-order valence-corrected chi connectivity index (χ3v) is 6.56. The van der Waals surface area contributed by atoms with Crippen LogP contribution in [0.3, 0.4) is 0 Å². The van der Waals surface area contributed by atoms with Gasteiger partial charge in [-0.25, -0.2) is 13.4 Å². The fraction of sp³-hybridized carbons (Fsp3) is 0.263. The summed E-state index contributed by atoms with van der Waals surface area (Å²) >= 11 is 0. The highest BCUT2D eigenvalue weighted by Gasteiger charge is 2.29. The zero-order valence-corrected chi connectivity index (χ0v) is 15.4. The van der Waals surface area contributed by atoms with Gasteiger partial charge in [-0.3, -0.25) is 4.90 Å². The molecule has 0 amide bonds. The molecule has 0 N–H and O–H groups in total. The SMILES string of the molecule is N#Cc1ccc(S(=O)(=O)N2CCN(Cc3nc4ccccc4o3)CC2)cc1. The smallest absolute Gasteiger partial charge is 0.243 e. The first-order valence-corrected chi connectivity index (χ1v) is 10.1. The Bertz CT molecular complexity index is 1060. The molecule has 0 aliphatic carbocycles. The van der Waals surface area contributed by atoms with Crippen LogP contribution >= 0.6 is 0 Å². The Hall–Kier alpha value is -2.73. The highest BCUT2D eigenvalue weighted by Crippen LogP contribution is 2.20. The summed E-state index contributed by atoms with van der Waals surface area (Å²) in [6.07, 6.45) is 0. The summed E-state index contributed by atoms with van der Waals surface area (Å²) in [6.45, 7) is 2.58. The maximum Gasteiger partial charge on any atom is 0.243 e. The van der Waals surface area contributed by atoms with Gasteiger partial charge < -0.3 is 4.42 Å². The van der Waals surface area contributed by atoms with Crippen molar-refractivity contribution in [2.24, 2.45) is 0 Å². The number of nitriles is 1. The normalized spacial score (nSPS) is 16.4. The van der Waals surface area contributed by atoms with Gasteiger partial charge in [0.05, 0.1) is 23.1 Å². The maximum atomic E-state index is 12.8. The molecule has 4 rings (SSSR count). The van der Waals surface area contributed by atoms with Crippen LogP contribution in [0.1, 0.15) is 11.5 Å². The molecule has 1 aliphatic heterocycles. The summed E-state index contributed by atoms with van der Waals surface area (Å²) < 4.78 is 32.8. The molecule has 138 valence electrons. The van der Waals surface area contributed by atoms with Crippen LogP contribution < -0.4 is 0 Å². The number of nitrogens with zero attached hydrogens (tertiary/aromatic N) is 4. The van der Waals surface area contributed by atoms with E-state index in [1.54, 1.807) is 0 Å². The standard InChI is InChI=1S/C19H18N4O3S/c20-13-15-5-7-16(8-6-15)27(24,25)23-11-9-22(10-12-23)14-19-21-17-3-1-2-4-18(17)26-19/h1-8H,9-12,14H2. The summed E-state index contributed by atoms with van der Waals surface area (Å²) in [7, 11) is -3.55. The van der Waals surface area contributed by atoms with E-state index < -0.39 is 10.0 Å². The van der Waals surface area contributed by atoms with Crippen LogP contribution in [0.25, 0.3) is 11.1 Å². The predicted molar refractivity (Wildman–Crippen MR) is 99.2 cm³/mol. The monoisotopic (exact) mass is 382 g/mol. The lowest BCUT2D eigenvalue weighted by Crippen LogP contribution is -2.48. The molecule has 3 aromatic rings. The molecule has 27 heavy (non-hydrogen) atoms. The van der Waals surface area contributed by atoms with Gasteiger partial charge in [-0.05, 0) is 36.4 Å². The van der Waals surface area contributed by atoms with E-state index in [1.807, 2.05) is 30.3 Å². The van der Waals surface area contributed by atoms with E-state index in [4.69, 9.17) is 9.68 Å². The van der Waals surface area contributed by atoms with Crippen molar-refractivity contribution < 1.29 is 12.8 Å². The number of hydrogen-bond acceptors (Lipinski definition) is 6. The topological polar surface area (TPSA) is 90.4 Å². The van der Waals surface area contributed by atoms with Gasteiger partial charge in [-0.2, -0.15) is 9.57 Å². The lowest BCUT2D eigenvalue weighted by atomic mass is 10.2. The minimum absolute atomic E-state index is 0.217. The van der Waals surface area contributed by atoms with Gasteiger partial charge in [0, 0.05) is 26.2 Å². The number of oxazole rings is 1. The molecule has 0 saturated carbocycles. The Balaban J connectivity index is 1.41. The van der Waals surface area contributed by atoms with Crippen LogP contribution in [0, 0.1) is 11.3 Å². The van der Waals surface area contributed by atoms with Gasteiger partial charge in [0.15, 0.2) is 5.58 Å². The Morgan fingerprint density at radius 2 is 1.74 bits per heavy atom. The molecule has 0 radical (unpaired) electrons. The molecule has 0 unspecified atom stereocenters. The van der Waals surface area contributed by atoms with Crippen molar-refractivity contribution in [3.05, 3.63) is 60.0 Å². The third kappa shape index (κ3) is 3.57. The van der Waals surface area contributed by atoms with E-state index in [-0.39, 0.29) is 4.90 Å². The van der Waals surface area contributed by atoms with Gasteiger partial charge in [-0.15, -0.1) is 0 Å². The van der Waals surface area contributed by atoms with Crippen molar-refractivity contribution >= 4 is 21.1 Å². The van der Waals surface area contributed by atoms with Gasteiger partial charge >= 0.3 is 0 Å². The molecule has 1 saturated heterocycles. The molecule has 1 fully saturated rings. The number of benzene rings is 2. The van der Waals surface area contributed by atoms with Crippen LogP contribution in [0.5, 0.6) is 0 Å². The molecule has 0 atom stereocenters. The highest BCUT2D eigenvalue weighted by molar-refractivity contribution is 7.89. The average Bonchev–Trinajstić information content (AvgIpc) is 3.10. The van der Waals surface area contributed by atoms with Gasteiger partial charge in [0.25, 0.3) is 0 Å². The summed E-state index contributed by atoms with van der Waals surface area (Å²) in [5.41, 5.74) is 2.03. The van der Waals surface area contributed by atoms with Crippen LogP contribution in [-0.2, 0) is 16.6 Å². The fourth-order valence-corrected chi connectivity index (χ4v) is 4.58. The second-order valence-corrected chi connectivity index (χ2v) is 8.33. The number of hydrogen-bond donors (Lipinski definition) is 0. The summed E-state index contributed by atoms with van der Waals surface area (Å²) in [5.74, 6) is 0.639. The van der Waals surface area contributed by atoms with Crippen LogP contribution in [0.4, 0.5) is 0 Å². The number of fused-ring (bicyclic) bond motifs is 1. The molecule has 1 aromatic heterocycles. The van der Waals surface area contributed by atoms with Crippen LogP contribution in [0.15, 0.2) is 57.8 Å². The van der Waals surface area contributed by atoms with Crippen molar-refractivity contribution in [1.29, 1.82) is 5.26 Å². The van der Waals surface area contributed by atoms with E-state index in [0.29, 0.717) is 44.2 Å². The molecule has 0 spiro atoms. The summed E-state index contributed by atoms with van der Waals surface area (Å²) in [5, 5.41) is 8.85. The van der Waals surface area contributed by atoms with E-state index in [0.717, 1.165) is 11.1 Å². The zero-order chi connectivity index (χ0) is 18.9. The minimum Gasteiger partial charge on any atom is -0.439 e. The van der Waals surface area contributed by atoms with Gasteiger partial charge in [-0.1, -0.05) is 12.1 Å². The Kier molecular flexibility index (Phi) is 4.66. The predicted octanol–water partition coefficient (Wildman–Crippen LogP) is 2.21. The molecule has 1 aliphatic rings. The Labute approximate surface area is 157 Å². The van der Waals surface area contributed by atoms with Crippen LogP contribution in [0.2, 0.25) is 0 Å². The molecular formula is C19H18N4O3S. The summed E-state index contributed by atoms with van der Waals surface area (Å²) in [4.78, 5) is 6.82. The number of rotatable bonds is 4. The van der Waals surface area contributed by atoms with Crippen molar-refractivity contribution in [3.63, 3.8) is 0 Å². The van der Waals surface area contributed by atoms with Gasteiger partial charge in [0.1, 0.15) is 5.52 Å². The quantitative estimate of drug-likeness (QED) is 0.687. The number of para-hydroxylation sites is 2. The molecule has 0 bridgehead atoms. The number of sulfonamides is 1. The van der Waals surface area contributed by atoms with Crippen molar-refractivity contribution in [2.45, 2.75) is 11.4 Å². The second kappa shape index (κ2) is 7.12. The van der Waals surface area contributed by atoms with E-state index in [1.165, 1.54) is 28.6 Å². The van der Waals surface area contributed by atoms with Crippen LogP contribution in [-0.4, -0.2) is 48.8 Å². The molecule has 7 nitrogen and oxygen atoms in total. The van der Waals surface area contributed by atoms with E-state index in [9.17, 15) is 8.42 Å². The lowest BCUT2D eigenvalue weighted by Gasteiger charge is -2.33. The first-order chi connectivity index (χ1) is 13.1. The Morgan fingerprint density at radius 1 is 1.04 bits per heavy atom. The zero-order valence-electron chi connectivity index (χ0n) is 14.6.